The summed E-state index contributed by atoms with van der Waals surface area (Å²) in [5, 5.41) is 11.2. The molecule has 2 saturated carbocycles. The molecule has 1 aromatic carbocycles. The Hall–Kier alpha value is -2.06. The molecule has 1 saturated heterocycles. The highest BCUT2D eigenvalue weighted by atomic mass is 32.2. The lowest BCUT2D eigenvalue weighted by Crippen LogP contribution is -2.55. The van der Waals surface area contributed by atoms with E-state index < -0.39 is 10.0 Å². The summed E-state index contributed by atoms with van der Waals surface area (Å²) in [4.78, 5) is 4.36. The van der Waals surface area contributed by atoms with Crippen molar-refractivity contribution in [1.82, 2.24) is 10.3 Å². The van der Waals surface area contributed by atoms with Crippen LogP contribution in [0.3, 0.4) is 0 Å². The second kappa shape index (κ2) is 8.22. The van der Waals surface area contributed by atoms with E-state index in [0.29, 0.717) is 18.4 Å². The molecular formula is C30H37N3O3S. The number of pyridine rings is 1. The Morgan fingerprint density at radius 1 is 1.16 bits per heavy atom. The van der Waals surface area contributed by atoms with Gasteiger partial charge in [-0.15, -0.1) is 0 Å². The highest BCUT2D eigenvalue weighted by Gasteiger charge is 2.66. The molecule has 2 bridgehead atoms. The Labute approximate surface area is 219 Å². The van der Waals surface area contributed by atoms with Crippen molar-refractivity contribution in [2.45, 2.75) is 81.5 Å². The fourth-order valence-electron chi connectivity index (χ4n) is 8.85. The number of nitrogens with one attached hydrogen (secondary N) is 1. The summed E-state index contributed by atoms with van der Waals surface area (Å²) in [6.07, 6.45) is 17.4. The Kier molecular flexibility index (Phi) is 5.33. The van der Waals surface area contributed by atoms with Crippen LogP contribution in [-0.2, 0) is 14.8 Å². The topological polar surface area (TPSA) is 94.3 Å². The van der Waals surface area contributed by atoms with Crippen LogP contribution in [0, 0.1) is 11.3 Å². The minimum absolute atomic E-state index is 0.0243. The van der Waals surface area contributed by atoms with Crippen LogP contribution in [0.4, 0.5) is 0 Å². The third-order valence-corrected chi connectivity index (χ3v) is 11.3. The van der Waals surface area contributed by atoms with E-state index in [2.05, 4.69) is 53.6 Å². The number of rotatable bonds is 5. The van der Waals surface area contributed by atoms with Crippen LogP contribution >= 0.6 is 0 Å². The van der Waals surface area contributed by atoms with Gasteiger partial charge in [-0.25, -0.2) is 13.6 Å². The minimum Gasteiger partial charge on any atom is -0.359 e. The maximum absolute atomic E-state index is 11.4. The quantitative estimate of drug-likeness (QED) is 0.596. The number of hydrogen-bond donors (Lipinski definition) is 2. The lowest BCUT2D eigenvalue weighted by atomic mass is 9.58. The molecule has 3 N–H and O–H groups in total. The molecule has 6 atom stereocenters. The van der Waals surface area contributed by atoms with Gasteiger partial charge < -0.3 is 10.1 Å². The molecule has 3 fully saturated rings. The van der Waals surface area contributed by atoms with Crippen molar-refractivity contribution < 1.29 is 13.2 Å². The van der Waals surface area contributed by atoms with E-state index in [9.17, 15) is 8.42 Å². The van der Waals surface area contributed by atoms with E-state index in [-0.39, 0.29) is 28.4 Å². The first-order valence-corrected chi connectivity index (χ1v) is 15.6. The minimum atomic E-state index is -3.45. The van der Waals surface area contributed by atoms with Gasteiger partial charge in [0.25, 0.3) is 0 Å². The van der Waals surface area contributed by atoms with E-state index in [1.807, 2.05) is 12.4 Å². The van der Waals surface area contributed by atoms with Gasteiger partial charge >= 0.3 is 0 Å². The smallest absolute Gasteiger partial charge is 0.210 e. The molecule has 3 aliphatic carbocycles. The molecule has 5 aliphatic rings. The van der Waals surface area contributed by atoms with Crippen molar-refractivity contribution in [3.05, 3.63) is 65.5 Å². The molecule has 0 unspecified atom stereocenters. The molecule has 196 valence electrons. The number of nitrogens with zero attached hydrogens (tertiary/aromatic N) is 1. The van der Waals surface area contributed by atoms with Crippen LogP contribution < -0.4 is 10.5 Å². The van der Waals surface area contributed by atoms with Crippen LogP contribution in [-0.4, -0.2) is 42.9 Å². The van der Waals surface area contributed by atoms with E-state index in [1.54, 1.807) is 0 Å². The summed E-state index contributed by atoms with van der Waals surface area (Å²) in [6, 6.07) is 9.31. The first-order valence-electron chi connectivity index (χ1n) is 13.9. The highest BCUT2D eigenvalue weighted by Crippen LogP contribution is 2.69. The number of primary sulfonamides is 1. The fourth-order valence-corrected chi connectivity index (χ4v) is 9.26. The first kappa shape index (κ1) is 24.0. The second-order valence-corrected chi connectivity index (χ2v) is 14.2. The average molecular weight is 520 g/mol. The van der Waals surface area contributed by atoms with Crippen LogP contribution in [0.5, 0.6) is 0 Å². The fraction of sp³-hybridized carbons (Fsp3) is 0.567. The van der Waals surface area contributed by atoms with Crippen LogP contribution in [0.1, 0.15) is 69.8 Å². The maximum atomic E-state index is 11.4. The number of sulfonamides is 1. The summed E-state index contributed by atoms with van der Waals surface area (Å²) >= 11 is 0. The third kappa shape index (κ3) is 3.68. The Bertz CT molecular complexity index is 1430. The van der Waals surface area contributed by atoms with Crippen molar-refractivity contribution in [1.29, 1.82) is 0 Å². The standard InChI is InChI=1S/C30H37N3O3S/c1-28-10-8-24-17-23-4-5-25(33-14-15-37(31,34)35)18-29(23)11-12-30(24,36-29)27(28)7-6-26(28)21-3-2-20-9-13-32-19-22(20)16-21/h2-3,8-9,13,16-17,19,25-27,33H,4-7,10-12,14-15,18H2,1H3,(H2,31,34,35)/t25-,26-,27-,28-,29-,30-/m1/s1. The van der Waals surface area contributed by atoms with Crippen molar-refractivity contribution in [2.24, 2.45) is 16.5 Å². The summed E-state index contributed by atoms with van der Waals surface area (Å²) in [7, 11) is -3.45. The van der Waals surface area contributed by atoms with Crippen molar-refractivity contribution in [2.75, 3.05) is 12.3 Å². The summed E-state index contributed by atoms with van der Waals surface area (Å²) in [5.74, 6) is 0.991. The molecule has 0 amide bonds. The predicted octanol–water partition coefficient (Wildman–Crippen LogP) is 4.72. The summed E-state index contributed by atoms with van der Waals surface area (Å²) in [6.45, 7) is 2.91. The lowest BCUT2D eigenvalue weighted by molar-refractivity contribution is -0.136. The molecule has 0 radical (unpaired) electrons. The Morgan fingerprint density at radius 3 is 2.92 bits per heavy atom. The molecule has 37 heavy (non-hydrogen) atoms. The van der Waals surface area contributed by atoms with Gasteiger partial charge in [0.1, 0.15) is 0 Å². The predicted molar refractivity (Wildman–Crippen MR) is 145 cm³/mol. The number of fused-ring (bicyclic) bond motifs is 2. The van der Waals surface area contributed by atoms with Crippen molar-refractivity contribution >= 4 is 20.8 Å². The number of allylic oxidation sites excluding steroid dienone is 1. The number of hydrogen-bond acceptors (Lipinski definition) is 5. The molecule has 3 heterocycles. The monoisotopic (exact) mass is 519 g/mol. The normalized spacial score (nSPS) is 38.5. The summed E-state index contributed by atoms with van der Waals surface area (Å²) in [5.41, 5.74) is 4.10. The van der Waals surface area contributed by atoms with Gasteiger partial charge in [0.05, 0.1) is 17.0 Å². The maximum Gasteiger partial charge on any atom is 0.210 e. The van der Waals surface area contributed by atoms with Gasteiger partial charge in [0.2, 0.25) is 10.0 Å². The zero-order chi connectivity index (χ0) is 25.5. The van der Waals surface area contributed by atoms with Gasteiger partial charge in [-0.05, 0) is 103 Å². The molecule has 2 aliphatic heterocycles. The van der Waals surface area contributed by atoms with Gasteiger partial charge in [-0.1, -0.05) is 31.2 Å². The zero-order valence-electron chi connectivity index (χ0n) is 21.6. The van der Waals surface area contributed by atoms with E-state index in [4.69, 9.17) is 9.88 Å². The van der Waals surface area contributed by atoms with Gasteiger partial charge in [0, 0.05) is 30.4 Å². The first-order chi connectivity index (χ1) is 17.7. The summed E-state index contributed by atoms with van der Waals surface area (Å²) < 4.78 is 30.2. The molecule has 6 nitrogen and oxygen atoms in total. The molecule has 7 rings (SSSR count). The van der Waals surface area contributed by atoms with Crippen molar-refractivity contribution in [3.8, 4) is 0 Å². The lowest BCUT2D eigenvalue weighted by Gasteiger charge is -2.54. The van der Waals surface area contributed by atoms with E-state index in [1.165, 1.54) is 40.3 Å². The molecule has 1 aromatic heterocycles. The van der Waals surface area contributed by atoms with Crippen LogP contribution in [0.15, 0.2) is 60.0 Å². The average Bonchev–Trinajstić information content (AvgIpc) is 3.38. The number of aromatic nitrogens is 1. The Balaban J connectivity index is 1.17. The molecule has 2 aromatic rings. The molecule has 2 spiro atoms. The van der Waals surface area contributed by atoms with Gasteiger partial charge in [0.15, 0.2) is 0 Å². The SMILES string of the molecule is C[C@]12CC=C3C=C4CC[C@@H](NCCS(N)(=O)=O)C[C@]45CC[C@]3(O5)[C@@H]1CC[C@@H]2c1ccc2ccncc2c1. The largest absolute Gasteiger partial charge is 0.359 e. The van der Waals surface area contributed by atoms with E-state index >= 15 is 0 Å². The third-order valence-electron chi connectivity index (χ3n) is 10.6. The van der Waals surface area contributed by atoms with Crippen LogP contribution in [0.2, 0.25) is 0 Å². The second-order valence-electron chi connectivity index (χ2n) is 12.5. The highest BCUT2D eigenvalue weighted by molar-refractivity contribution is 7.89. The molecule has 7 heteroatoms. The van der Waals surface area contributed by atoms with Crippen molar-refractivity contribution in [3.63, 3.8) is 0 Å². The number of nitrogens with two attached hydrogens (primary N) is 1. The van der Waals surface area contributed by atoms with E-state index in [0.717, 1.165) is 38.5 Å². The number of ether oxygens (including phenoxy) is 1. The zero-order valence-corrected chi connectivity index (χ0v) is 22.4. The van der Waals surface area contributed by atoms with Gasteiger partial charge in [-0.3, -0.25) is 4.98 Å². The molecular weight excluding hydrogens is 482 g/mol. The number of benzene rings is 1. The van der Waals surface area contributed by atoms with Crippen LogP contribution in [0.25, 0.3) is 10.8 Å². The Morgan fingerprint density at radius 2 is 2.05 bits per heavy atom. The van der Waals surface area contributed by atoms with Gasteiger partial charge in [-0.2, -0.15) is 0 Å².